The highest BCUT2D eigenvalue weighted by Gasteiger charge is 2.32. The minimum absolute atomic E-state index is 0.257. The Morgan fingerprint density at radius 2 is 1.74 bits per heavy atom. The van der Waals surface area contributed by atoms with Gasteiger partial charge in [-0.15, -0.1) is 0 Å². The van der Waals surface area contributed by atoms with E-state index >= 15 is 0 Å². The molecule has 202 valence electrons. The Hall–Kier alpha value is -5.06. The molecule has 3 aromatic carbocycles. The molecule has 1 heterocycles. The van der Waals surface area contributed by atoms with Gasteiger partial charge in [0.1, 0.15) is 5.75 Å². The lowest BCUT2D eigenvalue weighted by molar-refractivity contribution is -0.136. The molecule has 0 saturated heterocycles. The number of methoxy groups -OCH3 is 3. The Labute approximate surface area is 224 Å². The van der Waals surface area contributed by atoms with Gasteiger partial charge in [-0.3, -0.25) is 4.79 Å². The number of hydrogen-bond acceptors (Lipinski definition) is 8. The van der Waals surface area contributed by atoms with Crippen molar-refractivity contribution >= 4 is 34.9 Å². The molecule has 3 N–H and O–H groups in total. The number of urea groups is 1. The Balaban J connectivity index is 1.45. The summed E-state index contributed by atoms with van der Waals surface area (Å²) in [7, 11) is 4.28. The van der Waals surface area contributed by atoms with E-state index in [0.717, 1.165) is 16.3 Å². The van der Waals surface area contributed by atoms with E-state index in [9.17, 15) is 14.4 Å². The quantitative estimate of drug-likeness (QED) is 0.219. The first-order chi connectivity index (χ1) is 18.9. The largest absolute Gasteiger partial charge is 0.496 e. The van der Waals surface area contributed by atoms with E-state index in [0.29, 0.717) is 22.8 Å². The number of nitrogens with zero attached hydrogens (tertiary/aromatic N) is 1. The van der Waals surface area contributed by atoms with Crippen LogP contribution in [0.1, 0.15) is 24.1 Å². The molecule has 0 spiro atoms. The lowest BCUT2D eigenvalue weighted by Gasteiger charge is -2.28. The van der Waals surface area contributed by atoms with Crippen LogP contribution in [0.4, 0.5) is 4.79 Å². The van der Waals surface area contributed by atoms with Gasteiger partial charge in [-0.05, 0) is 41.5 Å². The number of fused-ring (bicyclic) bond motifs is 1. The molecule has 3 aromatic rings. The molecule has 0 bridgehead atoms. The fourth-order valence-corrected chi connectivity index (χ4v) is 4.24. The molecule has 1 aliphatic heterocycles. The number of rotatable bonds is 9. The number of allylic oxidation sites excluding steroid dienone is 1. The molecule has 3 amide bonds. The van der Waals surface area contributed by atoms with Gasteiger partial charge in [-0.25, -0.2) is 15.0 Å². The molecular weight excluding hydrogens is 504 g/mol. The molecule has 0 radical (unpaired) electrons. The summed E-state index contributed by atoms with van der Waals surface area (Å²) in [6, 6.07) is 15.2. The first-order valence-corrected chi connectivity index (χ1v) is 11.9. The van der Waals surface area contributed by atoms with Crippen molar-refractivity contribution in [1.29, 1.82) is 0 Å². The number of amides is 3. The average Bonchev–Trinajstić information content (AvgIpc) is 2.95. The summed E-state index contributed by atoms with van der Waals surface area (Å²) in [5, 5.41) is 11.3. The van der Waals surface area contributed by atoms with Crippen molar-refractivity contribution in [2.24, 2.45) is 5.10 Å². The average molecular weight is 533 g/mol. The molecule has 0 unspecified atom stereocenters. The van der Waals surface area contributed by atoms with Crippen molar-refractivity contribution in [2.75, 3.05) is 27.9 Å². The van der Waals surface area contributed by atoms with Gasteiger partial charge >= 0.3 is 12.0 Å². The van der Waals surface area contributed by atoms with Gasteiger partial charge in [0, 0.05) is 11.3 Å². The highest BCUT2D eigenvalue weighted by Crippen LogP contribution is 2.34. The number of ether oxygens (including phenoxy) is 4. The van der Waals surface area contributed by atoms with Crippen molar-refractivity contribution < 1.29 is 33.3 Å². The molecule has 0 saturated carbocycles. The first-order valence-electron chi connectivity index (χ1n) is 11.9. The maximum Gasteiger partial charge on any atom is 0.337 e. The number of carbonyl (C=O) groups excluding carboxylic acids is 3. The molecule has 1 aliphatic rings. The van der Waals surface area contributed by atoms with E-state index in [4.69, 9.17) is 18.9 Å². The smallest absolute Gasteiger partial charge is 0.337 e. The molecule has 11 nitrogen and oxygen atoms in total. The van der Waals surface area contributed by atoms with Crippen LogP contribution < -0.4 is 30.3 Å². The van der Waals surface area contributed by atoms with Crippen LogP contribution >= 0.6 is 0 Å². The Bertz CT molecular complexity index is 1480. The van der Waals surface area contributed by atoms with Crippen LogP contribution in [-0.2, 0) is 14.3 Å². The molecule has 0 aliphatic carbocycles. The van der Waals surface area contributed by atoms with Crippen LogP contribution in [0.3, 0.4) is 0 Å². The van der Waals surface area contributed by atoms with E-state index in [1.165, 1.54) is 20.4 Å². The number of carbonyl (C=O) groups is 3. The normalized spacial score (nSPS) is 15.0. The second-order valence-corrected chi connectivity index (χ2v) is 8.46. The summed E-state index contributed by atoms with van der Waals surface area (Å²) in [4.78, 5) is 36.8. The molecule has 39 heavy (non-hydrogen) atoms. The van der Waals surface area contributed by atoms with Gasteiger partial charge in [0.15, 0.2) is 18.1 Å². The third kappa shape index (κ3) is 5.93. The molecule has 0 aromatic heterocycles. The van der Waals surface area contributed by atoms with E-state index in [-0.39, 0.29) is 17.9 Å². The molecular formula is C28H28N4O7. The summed E-state index contributed by atoms with van der Waals surface area (Å²) >= 11 is 0. The minimum atomic E-state index is -0.766. The zero-order valence-electron chi connectivity index (χ0n) is 21.9. The second-order valence-electron chi connectivity index (χ2n) is 8.46. The zero-order valence-corrected chi connectivity index (χ0v) is 21.9. The van der Waals surface area contributed by atoms with Gasteiger partial charge in [0.25, 0.3) is 5.91 Å². The van der Waals surface area contributed by atoms with Gasteiger partial charge in [0.2, 0.25) is 0 Å². The molecule has 11 heteroatoms. The van der Waals surface area contributed by atoms with Crippen molar-refractivity contribution in [3.05, 3.63) is 77.0 Å². The number of esters is 1. The van der Waals surface area contributed by atoms with Crippen LogP contribution in [0.15, 0.2) is 71.0 Å². The standard InChI is InChI=1S/C28H28N4O7/c1-16-25(27(34)38-4)26(31-28(35)30-16)18-10-12-22(23(13-18)37-3)39-15-24(33)32-29-14-20-19-8-6-5-7-17(19)9-11-21(20)36-2/h5-14,26H,15H2,1-4H3,(H,32,33)(H2,30,31,35)/b29-14-/t26-/m0/s1. The SMILES string of the molecule is COC(=O)C1=C(C)NC(=O)N[C@H]1c1ccc(OCC(=O)N/N=C\c2c(OC)ccc3ccccc23)c(OC)c1. The van der Waals surface area contributed by atoms with Crippen LogP contribution in [0, 0.1) is 0 Å². The molecule has 4 rings (SSSR count). The lowest BCUT2D eigenvalue weighted by atomic mass is 9.95. The summed E-state index contributed by atoms with van der Waals surface area (Å²) in [5.41, 5.74) is 4.38. The number of hydrazone groups is 1. The van der Waals surface area contributed by atoms with Crippen LogP contribution in [0.2, 0.25) is 0 Å². The van der Waals surface area contributed by atoms with Crippen molar-refractivity contribution in [3.63, 3.8) is 0 Å². The predicted molar refractivity (Wildman–Crippen MR) is 144 cm³/mol. The van der Waals surface area contributed by atoms with E-state index in [1.54, 1.807) is 32.2 Å². The van der Waals surface area contributed by atoms with Crippen molar-refractivity contribution in [1.82, 2.24) is 16.1 Å². The van der Waals surface area contributed by atoms with Gasteiger partial charge in [-0.1, -0.05) is 36.4 Å². The Morgan fingerprint density at radius 1 is 1.00 bits per heavy atom. The van der Waals surface area contributed by atoms with Crippen LogP contribution in [0.5, 0.6) is 17.2 Å². The Morgan fingerprint density at radius 3 is 2.49 bits per heavy atom. The Kier molecular flexibility index (Phi) is 8.30. The van der Waals surface area contributed by atoms with Crippen molar-refractivity contribution in [2.45, 2.75) is 13.0 Å². The first kappa shape index (κ1) is 27.0. The monoisotopic (exact) mass is 532 g/mol. The maximum atomic E-state index is 12.4. The van der Waals surface area contributed by atoms with Crippen LogP contribution in [-0.4, -0.2) is 52.1 Å². The van der Waals surface area contributed by atoms with E-state index in [2.05, 4.69) is 21.2 Å². The summed E-state index contributed by atoms with van der Waals surface area (Å²) in [5.74, 6) is 0.144. The highest BCUT2D eigenvalue weighted by atomic mass is 16.5. The molecule has 1 atom stereocenters. The summed E-state index contributed by atoms with van der Waals surface area (Å²) < 4.78 is 21.4. The fourth-order valence-electron chi connectivity index (χ4n) is 4.24. The number of benzene rings is 3. The minimum Gasteiger partial charge on any atom is -0.496 e. The number of hydrogen-bond donors (Lipinski definition) is 3. The van der Waals surface area contributed by atoms with Gasteiger partial charge < -0.3 is 29.6 Å². The zero-order chi connectivity index (χ0) is 27.9. The summed E-state index contributed by atoms with van der Waals surface area (Å²) in [6.45, 7) is 1.28. The maximum absolute atomic E-state index is 12.4. The number of nitrogens with one attached hydrogen (secondary N) is 3. The third-order valence-corrected chi connectivity index (χ3v) is 6.09. The molecule has 0 fully saturated rings. The van der Waals surface area contributed by atoms with Crippen LogP contribution in [0.25, 0.3) is 10.8 Å². The third-order valence-electron chi connectivity index (χ3n) is 6.09. The van der Waals surface area contributed by atoms with Crippen molar-refractivity contribution in [3.8, 4) is 17.2 Å². The lowest BCUT2D eigenvalue weighted by Crippen LogP contribution is -2.45. The summed E-state index contributed by atoms with van der Waals surface area (Å²) in [6.07, 6.45) is 1.52. The highest BCUT2D eigenvalue weighted by molar-refractivity contribution is 6.02. The predicted octanol–water partition coefficient (Wildman–Crippen LogP) is 3.19. The van der Waals surface area contributed by atoms with E-state index < -0.39 is 23.9 Å². The van der Waals surface area contributed by atoms with Gasteiger partial charge in [0.05, 0.1) is 39.2 Å². The topological polar surface area (TPSA) is 137 Å². The second kappa shape index (κ2) is 12.0. The van der Waals surface area contributed by atoms with Gasteiger partial charge in [-0.2, -0.15) is 5.10 Å². The van der Waals surface area contributed by atoms with E-state index in [1.807, 2.05) is 36.4 Å². The fraction of sp³-hybridized carbons (Fsp3) is 0.214.